The average molecular weight is 380 g/mol. The first-order valence-corrected chi connectivity index (χ1v) is 9.10. The molecule has 0 amide bonds. The maximum absolute atomic E-state index is 2.25. The van der Waals surface area contributed by atoms with Gasteiger partial charge < -0.3 is 0 Å². The zero-order valence-corrected chi connectivity index (χ0v) is 20.8. The molecular weight excluding hydrogens is 358 g/mol. The van der Waals surface area contributed by atoms with E-state index in [9.17, 15) is 0 Å². The average Bonchev–Trinajstić information content (AvgIpc) is 2.75. The van der Waals surface area contributed by atoms with Gasteiger partial charge in [-0.25, -0.2) is 0 Å². The number of hydrogen-bond donors (Lipinski definition) is 0. The fraction of sp³-hybridized carbons (Fsp3) is 0.0769. The number of hydrogen-bond acceptors (Lipinski definition) is 0. The molecule has 0 aliphatic rings. The SMILES string of the molecule is [Na].[Na].c1ccc(CC(c2ccccc2)(c2ccccc2)c2ccccc2)cc1. The van der Waals surface area contributed by atoms with Gasteiger partial charge >= 0.3 is 0 Å². The minimum atomic E-state index is -0.217. The van der Waals surface area contributed by atoms with E-state index >= 15 is 0 Å². The van der Waals surface area contributed by atoms with Crippen LogP contribution in [0.3, 0.4) is 0 Å². The van der Waals surface area contributed by atoms with E-state index in [1.54, 1.807) is 0 Å². The predicted octanol–water partition coefficient (Wildman–Crippen LogP) is 5.50. The van der Waals surface area contributed by atoms with Gasteiger partial charge in [0.2, 0.25) is 0 Å². The summed E-state index contributed by atoms with van der Waals surface area (Å²) >= 11 is 0. The maximum atomic E-state index is 2.25. The van der Waals surface area contributed by atoms with Gasteiger partial charge in [-0.1, -0.05) is 121 Å². The van der Waals surface area contributed by atoms with E-state index in [-0.39, 0.29) is 64.5 Å². The molecule has 0 N–H and O–H groups in total. The third-order valence-corrected chi connectivity index (χ3v) is 5.11. The summed E-state index contributed by atoms with van der Waals surface area (Å²) in [6.45, 7) is 0. The molecule has 2 heteroatoms. The van der Waals surface area contributed by atoms with Gasteiger partial charge in [-0.05, 0) is 28.7 Å². The van der Waals surface area contributed by atoms with Crippen LogP contribution in [0.25, 0.3) is 0 Å². The van der Waals surface area contributed by atoms with E-state index in [1.807, 2.05) is 0 Å². The van der Waals surface area contributed by atoms with Crippen LogP contribution in [0.15, 0.2) is 121 Å². The quantitative estimate of drug-likeness (QED) is 0.317. The van der Waals surface area contributed by atoms with Crippen LogP contribution >= 0.6 is 0 Å². The second-order valence-electron chi connectivity index (χ2n) is 6.67. The molecule has 4 aromatic rings. The summed E-state index contributed by atoms with van der Waals surface area (Å²) in [5.74, 6) is 0. The fourth-order valence-electron chi connectivity index (χ4n) is 3.88. The fourth-order valence-corrected chi connectivity index (χ4v) is 3.88. The van der Waals surface area contributed by atoms with Gasteiger partial charge in [-0.2, -0.15) is 0 Å². The Morgan fingerprint density at radius 3 is 1.00 bits per heavy atom. The summed E-state index contributed by atoms with van der Waals surface area (Å²) in [6.07, 6.45) is 0.922. The minimum absolute atomic E-state index is 0. The van der Waals surface area contributed by atoms with Gasteiger partial charge in [0, 0.05) is 64.5 Å². The van der Waals surface area contributed by atoms with Crippen LogP contribution in [0.5, 0.6) is 0 Å². The molecule has 0 saturated heterocycles. The van der Waals surface area contributed by atoms with Crippen LogP contribution in [0.1, 0.15) is 22.3 Å². The van der Waals surface area contributed by atoms with E-state index in [0.29, 0.717) is 0 Å². The number of rotatable bonds is 5. The van der Waals surface area contributed by atoms with E-state index in [0.717, 1.165) is 6.42 Å². The van der Waals surface area contributed by atoms with Crippen molar-refractivity contribution in [1.29, 1.82) is 0 Å². The zero-order valence-electron chi connectivity index (χ0n) is 16.8. The summed E-state index contributed by atoms with van der Waals surface area (Å²) in [5.41, 5.74) is 5.08. The van der Waals surface area contributed by atoms with Gasteiger partial charge in [0.25, 0.3) is 0 Å². The van der Waals surface area contributed by atoms with Crippen LogP contribution in [-0.4, -0.2) is 59.1 Å². The van der Waals surface area contributed by atoms with Crippen LogP contribution in [0.4, 0.5) is 0 Å². The van der Waals surface area contributed by atoms with E-state index in [2.05, 4.69) is 121 Å². The van der Waals surface area contributed by atoms with Crippen molar-refractivity contribution in [1.82, 2.24) is 0 Å². The molecular formula is C26H22Na2. The Morgan fingerprint density at radius 2 is 0.679 bits per heavy atom. The topological polar surface area (TPSA) is 0 Å². The largest absolute Gasteiger partial charge is 0.0622 e. The third-order valence-electron chi connectivity index (χ3n) is 5.11. The standard InChI is InChI=1S/C26H22.2Na/c1-5-13-22(14-6-1)21-26(23-15-7-2-8-16-23,24-17-9-3-10-18-24)25-19-11-4-12-20-25;;/h1-20H,21H2;;. The molecule has 0 heterocycles. The van der Waals surface area contributed by atoms with Gasteiger partial charge in [0.05, 0.1) is 0 Å². The number of benzene rings is 4. The Balaban J connectivity index is 0.00000140. The normalized spacial score (nSPS) is 10.4. The first-order valence-electron chi connectivity index (χ1n) is 9.10. The molecule has 0 nitrogen and oxygen atoms in total. The van der Waals surface area contributed by atoms with E-state index in [4.69, 9.17) is 0 Å². The monoisotopic (exact) mass is 380 g/mol. The van der Waals surface area contributed by atoms with Gasteiger partial charge in [-0.3, -0.25) is 0 Å². The van der Waals surface area contributed by atoms with Gasteiger partial charge in [-0.15, -0.1) is 0 Å². The van der Waals surface area contributed by atoms with Crippen molar-refractivity contribution in [2.45, 2.75) is 11.8 Å². The molecule has 0 saturated carbocycles. The molecule has 0 unspecified atom stereocenters. The molecule has 0 atom stereocenters. The second-order valence-corrected chi connectivity index (χ2v) is 6.67. The molecule has 0 fully saturated rings. The van der Waals surface area contributed by atoms with Crippen molar-refractivity contribution in [3.8, 4) is 0 Å². The van der Waals surface area contributed by atoms with Crippen LogP contribution in [0.2, 0.25) is 0 Å². The molecule has 4 rings (SSSR count). The maximum Gasteiger partial charge on any atom is 0.0491 e. The summed E-state index contributed by atoms with van der Waals surface area (Å²) < 4.78 is 0. The van der Waals surface area contributed by atoms with Crippen LogP contribution in [-0.2, 0) is 11.8 Å². The minimum Gasteiger partial charge on any atom is -0.0622 e. The Labute approximate surface area is 212 Å². The van der Waals surface area contributed by atoms with Crippen LogP contribution in [0, 0.1) is 0 Å². The molecule has 128 valence electrons. The first-order chi connectivity index (χ1) is 12.9. The molecule has 0 aliphatic heterocycles. The van der Waals surface area contributed by atoms with Gasteiger partial charge in [0.15, 0.2) is 0 Å². The molecule has 0 aliphatic carbocycles. The molecule has 0 bridgehead atoms. The van der Waals surface area contributed by atoms with E-state index in [1.165, 1.54) is 22.3 Å². The Morgan fingerprint density at radius 1 is 0.393 bits per heavy atom. The van der Waals surface area contributed by atoms with Crippen molar-refractivity contribution >= 4 is 59.1 Å². The molecule has 28 heavy (non-hydrogen) atoms. The summed E-state index contributed by atoms with van der Waals surface area (Å²) in [7, 11) is 0. The zero-order chi connectivity index (χ0) is 17.7. The Bertz CT molecular complexity index is 840. The third kappa shape index (κ3) is 4.89. The van der Waals surface area contributed by atoms with Crippen molar-refractivity contribution in [3.05, 3.63) is 144 Å². The van der Waals surface area contributed by atoms with Crippen molar-refractivity contribution < 1.29 is 0 Å². The smallest absolute Gasteiger partial charge is 0.0491 e. The predicted molar refractivity (Wildman–Crippen MR) is 121 cm³/mol. The molecule has 0 aromatic heterocycles. The Hall–Kier alpha value is -1.12. The molecule has 4 aromatic carbocycles. The summed E-state index contributed by atoms with van der Waals surface area (Å²) in [6, 6.07) is 43.4. The van der Waals surface area contributed by atoms with Crippen molar-refractivity contribution in [3.63, 3.8) is 0 Å². The molecule has 2 radical (unpaired) electrons. The summed E-state index contributed by atoms with van der Waals surface area (Å²) in [4.78, 5) is 0. The molecule has 0 spiro atoms. The van der Waals surface area contributed by atoms with Crippen molar-refractivity contribution in [2.75, 3.05) is 0 Å². The van der Waals surface area contributed by atoms with E-state index < -0.39 is 0 Å². The first kappa shape index (κ1) is 23.2. The second kappa shape index (κ2) is 11.2. The Kier molecular flexibility index (Phi) is 9.24. The van der Waals surface area contributed by atoms with Gasteiger partial charge in [0.1, 0.15) is 0 Å². The van der Waals surface area contributed by atoms with Crippen molar-refractivity contribution in [2.24, 2.45) is 0 Å². The van der Waals surface area contributed by atoms with Crippen LogP contribution < -0.4 is 0 Å². The summed E-state index contributed by atoms with van der Waals surface area (Å²) in [5, 5.41) is 0.